The van der Waals surface area contributed by atoms with Crippen LogP contribution < -0.4 is 16.4 Å². The van der Waals surface area contributed by atoms with Crippen LogP contribution >= 0.6 is 34.5 Å². The first-order chi connectivity index (χ1) is 18.8. The molecule has 2 aliphatic rings. The van der Waals surface area contributed by atoms with Gasteiger partial charge in [0.2, 0.25) is 11.9 Å². The smallest absolute Gasteiger partial charge is 0.255 e. The Morgan fingerprint density at radius 3 is 2.82 bits per heavy atom. The van der Waals surface area contributed by atoms with Crippen molar-refractivity contribution in [1.82, 2.24) is 20.2 Å². The lowest BCUT2D eigenvalue weighted by molar-refractivity contribution is -0.125. The van der Waals surface area contributed by atoms with Crippen LogP contribution in [0.2, 0.25) is 10.0 Å². The van der Waals surface area contributed by atoms with Crippen LogP contribution in [0.15, 0.2) is 36.5 Å². The number of nitrogens with one attached hydrogen (secondary N) is 2. The number of carbonyl (C=O) groups is 2. The van der Waals surface area contributed by atoms with E-state index in [9.17, 15) is 9.59 Å². The molecule has 0 radical (unpaired) electrons. The summed E-state index contributed by atoms with van der Waals surface area (Å²) in [6.07, 6.45) is 3.98. The average molecular weight is 590 g/mol. The van der Waals surface area contributed by atoms with Gasteiger partial charge in [0.1, 0.15) is 11.7 Å². The van der Waals surface area contributed by atoms with E-state index in [-0.39, 0.29) is 24.4 Å². The van der Waals surface area contributed by atoms with E-state index >= 15 is 0 Å². The lowest BCUT2D eigenvalue weighted by atomic mass is 10.0. The van der Waals surface area contributed by atoms with E-state index in [2.05, 4.69) is 20.6 Å². The third-order valence-electron chi connectivity index (χ3n) is 7.06. The standard InChI is InChI=1S/C27H30Cl2N6O3S/c1-15(25(36)33-21(13-30)16-3-2-4-17(28)11-16)35-8-5-22-19(26(35)37)12-23(39-22)24-20(29)14-31-27(34-24)32-18-6-9-38-10-7-18/h2-4,11-12,14-15,18,21H,5-10,13,30H2,1H3,(H,33,36)(H,31,32,34)/t15-,21+/m0/s1. The van der Waals surface area contributed by atoms with E-state index in [4.69, 9.17) is 33.7 Å². The summed E-state index contributed by atoms with van der Waals surface area (Å²) in [6.45, 7) is 3.78. The predicted molar refractivity (Wildman–Crippen MR) is 153 cm³/mol. The minimum atomic E-state index is -0.680. The van der Waals surface area contributed by atoms with E-state index in [1.54, 1.807) is 30.2 Å². The molecular weight excluding hydrogens is 559 g/mol. The van der Waals surface area contributed by atoms with Crippen molar-refractivity contribution in [2.45, 2.75) is 44.3 Å². The molecule has 0 aliphatic carbocycles. The number of nitrogens with zero attached hydrogens (tertiary/aromatic N) is 3. The number of ether oxygens (including phenoxy) is 1. The number of hydrogen-bond donors (Lipinski definition) is 3. The molecule has 0 bridgehead atoms. The number of anilines is 1. The Balaban J connectivity index is 1.30. The van der Waals surface area contributed by atoms with Gasteiger partial charge < -0.3 is 26.0 Å². The first kappa shape index (κ1) is 27.8. The number of carbonyl (C=O) groups excluding carboxylic acids is 2. The van der Waals surface area contributed by atoms with E-state index in [0.29, 0.717) is 53.4 Å². The third kappa shape index (κ3) is 6.20. The highest BCUT2D eigenvalue weighted by Crippen LogP contribution is 2.37. The van der Waals surface area contributed by atoms with E-state index in [0.717, 1.165) is 28.2 Å². The molecule has 5 rings (SSSR count). The molecule has 0 spiro atoms. The van der Waals surface area contributed by atoms with Crippen LogP contribution in [-0.2, 0) is 16.0 Å². The number of nitrogens with two attached hydrogens (primary N) is 1. The number of fused-ring (bicyclic) bond motifs is 1. The van der Waals surface area contributed by atoms with Crippen molar-refractivity contribution in [2.24, 2.45) is 5.73 Å². The zero-order valence-corrected chi connectivity index (χ0v) is 23.8. The van der Waals surface area contributed by atoms with Gasteiger partial charge in [0, 0.05) is 48.7 Å². The number of halogens is 2. The Kier molecular flexibility index (Phi) is 8.68. The Morgan fingerprint density at radius 2 is 2.08 bits per heavy atom. The summed E-state index contributed by atoms with van der Waals surface area (Å²) in [5.74, 6) is 0.0274. The summed E-state index contributed by atoms with van der Waals surface area (Å²) in [4.78, 5) is 39.0. The maximum atomic E-state index is 13.5. The molecule has 3 aromatic rings. The van der Waals surface area contributed by atoms with Crippen molar-refractivity contribution < 1.29 is 14.3 Å². The van der Waals surface area contributed by atoms with Crippen LogP contribution in [0.25, 0.3) is 10.6 Å². The fourth-order valence-corrected chi connectivity index (χ4v) is 6.42. The molecule has 0 saturated carbocycles. The maximum absolute atomic E-state index is 13.5. The highest BCUT2D eigenvalue weighted by molar-refractivity contribution is 7.16. The molecule has 9 nitrogen and oxygen atoms in total. The Bertz CT molecular complexity index is 1360. The zero-order chi connectivity index (χ0) is 27.5. The molecule has 206 valence electrons. The van der Waals surface area contributed by atoms with Gasteiger partial charge in [0.15, 0.2) is 0 Å². The van der Waals surface area contributed by atoms with E-state index in [1.807, 2.05) is 18.2 Å². The Hall–Kier alpha value is -2.76. The van der Waals surface area contributed by atoms with Crippen LogP contribution in [0.4, 0.5) is 5.95 Å². The first-order valence-corrected chi connectivity index (χ1v) is 14.5. The summed E-state index contributed by atoms with van der Waals surface area (Å²) < 4.78 is 5.42. The summed E-state index contributed by atoms with van der Waals surface area (Å²) in [6, 6.07) is 8.19. The second-order valence-electron chi connectivity index (χ2n) is 9.65. The largest absolute Gasteiger partial charge is 0.381 e. The zero-order valence-electron chi connectivity index (χ0n) is 21.5. The van der Waals surface area contributed by atoms with Crippen LogP contribution in [0.1, 0.15) is 46.6 Å². The summed E-state index contributed by atoms with van der Waals surface area (Å²) in [5, 5.41) is 7.31. The van der Waals surface area contributed by atoms with Crippen LogP contribution in [0.5, 0.6) is 0 Å². The second kappa shape index (κ2) is 12.2. The minimum Gasteiger partial charge on any atom is -0.381 e. The second-order valence-corrected chi connectivity index (χ2v) is 11.6. The molecule has 2 atom stereocenters. The van der Waals surface area contributed by atoms with Crippen molar-refractivity contribution >= 4 is 52.3 Å². The van der Waals surface area contributed by atoms with Gasteiger partial charge in [-0.15, -0.1) is 11.3 Å². The van der Waals surface area contributed by atoms with Gasteiger partial charge in [-0.3, -0.25) is 9.59 Å². The van der Waals surface area contributed by atoms with Gasteiger partial charge in [-0.2, -0.15) is 0 Å². The first-order valence-electron chi connectivity index (χ1n) is 12.9. The van der Waals surface area contributed by atoms with Crippen molar-refractivity contribution in [3.8, 4) is 10.6 Å². The topological polar surface area (TPSA) is 122 Å². The maximum Gasteiger partial charge on any atom is 0.255 e. The Labute approximate surface area is 241 Å². The Morgan fingerprint density at radius 1 is 1.28 bits per heavy atom. The van der Waals surface area contributed by atoms with Gasteiger partial charge in [-0.25, -0.2) is 9.97 Å². The molecule has 2 aromatic heterocycles. The molecule has 39 heavy (non-hydrogen) atoms. The van der Waals surface area contributed by atoms with Crippen LogP contribution in [-0.4, -0.2) is 65.1 Å². The van der Waals surface area contributed by atoms with Crippen molar-refractivity contribution in [2.75, 3.05) is 31.6 Å². The van der Waals surface area contributed by atoms with E-state index in [1.165, 1.54) is 11.3 Å². The summed E-state index contributed by atoms with van der Waals surface area (Å²) in [7, 11) is 0. The highest BCUT2D eigenvalue weighted by Gasteiger charge is 2.34. The number of rotatable bonds is 8. The lowest BCUT2D eigenvalue weighted by Crippen LogP contribution is -2.51. The molecule has 12 heteroatoms. The summed E-state index contributed by atoms with van der Waals surface area (Å²) in [5.41, 5.74) is 7.90. The number of amides is 2. The molecule has 4 N–H and O–H groups in total. The number of thiophene rings is 1. The molecule has 0 unspecified atom stereocenters. The number of benzene rings is 1. The van der Waals surface area contributed by atoms with Crippen molar-refractivity contribution in [1.29, 1.82) is 0 Å². The molecule has 1 fully saturated rings. The summed E-state index contributed by atoms with van der Waals surface area (Å²) >= 11 is 14.1. The quantitative estimate of drug-likeness (QED) is 0.358. The van der Waals surface area contributed by atoms with Crippen molar-refractivity contribution in [3.05, 3.63) is 62.6 Å². The monoisotopic (exact) mass is 588 g/mol. The number of aromatic nitrogens is 2. The lowest BCUT2D eigenvalue weighted by Gasteiger charge is -2.32. The molecular formula is C27H30Cl2N6O3S. The average Bonchev–Trinajstić information content (AvgIpc) is 3.38. The predicted octanol–water partition coefficient (Wildman–Crippen LogP) is 4.31. The van der Waals surface area contributed by atoms with Gasteiger partial charge in [-0.05, 0) is 43.5 Å². The minimum absolute atomic E-state index is 0.195. The molecule has 1 saturated heterocycles. The fourth-order valence-electron chi connectivity index (χ4n) is 4.83. The van der Waals surface area contributed by atoms with Gasteiger partial charge in [-0.1, -0.05) is 35.3 Å². The van der Waals surface area contributed by atoms with Gasteiger partial charge in [0.05, 0.1) is 27.7 Å². The van der Waals surface area contributed by atoms with Crippen LogP contribution in [0.3, 0.4) is 0 Å². The third-order valence-corrected chi connectivity index (χ3v) is 8.78. The molecule has 2 aliphatic heterocycles. The van der Waals surface area contributed by atoms with Gasteiger partial charge in [0.25, 0.3) is 5.91 Å². The molecule has 1 aromatic carbocycles. The molecule has 4 heterocycles. The number of hydrogen-bond acceptors (Lipinski definition) is 8. The highest BCUT2D eigenvalue weighted by atomic mass is 35.5. The molecule has 2 amide bonds. The van der Waals surface area contributed by atoms with Gasteiger partial charge >= 0.3 is 0 Å². The normalized spacial score (nSPS) is 17.4. The van der Waals surface area contributed by atoms with E-state index < -0.39 is 12.1 Å². The SMILES string of the molecule is C[C@@H](C(=O)N[C@H](CN)c1cccc(Cl)c1)N1CCc2sc(-c3nc(NC4CCOCC4)ncc3Cl)cc2C1=O. The fraction of sp³-hybridized carbons (Fsp3) is 0.407. The van der Waals surface area contributed by atoms with Crippen molar-refractivity contribution in [3.63, 3.8) is 0 Å². The van der Waals surface area contributed by atoms with Crippen LogP contribution in [0, 0.1) is 0 Å².